The summed E-state index contributed by atoms with van der Waals surface area (Å²) >= 11 is 12.2. The summed E-state index contributed by atoms with van der Waals surface area (Å²) in [6.07, 6.45) is -1.52. The van der Waals surface area contributed by atoms with Crippen LogP contribution in [-0.4, -0.2) is 30.3 Å². The second-order valence-electron chi connectivity index (χ2n) is 7.31. The molecule has 1 amide bonds. The van der Waals surface area contributed by atoms with Crippen molar-refractivity contribution in [3.8, 4) is 0 Å². The molecule has 0 spiro atoms. The fourth-order valence-electron chi connectivity index (χ4n) is 3.45. The number of hydrogen-bond acceptors (Lipinski definition) is 4. The highest BCUT2D eigenvalue weighted by molar-refractivity contribution is 6.35. The Morgan fingerprint density at radius 1 is 1.19 bits per heavy atom. The average molecular weight is 479 g/mol. The van der Waals surface area contributed by atoms with Gasteiger partial charge in [0.15, 0.2) is 5.65 Å². The number of hydrogen-bond donors (Lipinski definition) is 1. The molecule has 166 valence electrons. The largest absolute Gasteiger partial charge is 0.319 e. The van der Waals surface area contributed by atoms with Crippen molar-refractivity contribution < 1.29 is 13.6 Å². The topological polar surface area (TPSA) is 77.1 Å². The van der Waals surface area contributed by atoms with E-state index in [4.69, 9.17) is 23.2 Å². The number of nitrogens with one attached hydrogen (secondary N) is 1. The van der Waals surface area contributed by atoms with Crippen LogP contribution in [-0.2, 0) is 6.54 Å². The normalized spacial score (nSPS) is 11.5. The van der Waals surface area contributed by atoms with E-state index in [2.05, 4.69) is 20.5 Å². The van der Waals surface area contributed by atoms with Crippen LogP contribution in [0.2, 0.25) is 10.0 Å². The molecule has 0 unspecified atom stereocenters. The van der Waals surface area contributed by atoms with E-state index in [0.29, 0.717) is 39.4 Å². The summed E-state index contributed by atoms with van der Waals surface area (Å²) in [7, 11) is 0. The molecule has 4 aromatic rings. The third-order valence-electron chi connectivity index (χ3n) is 5.05. The van der Waals surface area contributed by atoms with Crippen LogP contribution in [0.1, 0.15) is 45.1 Å². The van der Waals surface area contributed by atoms with Gasteiger partial charge >= 0.3 is 0 Å². The molecule has 7 nitrogen and oxygen atoms in total. The molecule has 0 saturated heterocycles. The third-order valence-corrected chi connectivity index (χ3v) is 5.64. The predicted octanol–water partition coefficient (Wildman–Crippen LogP) is 5.40. The Balaban J connectivity index is 1.65. The lowest BCUT2D eigenvalue weighted by Crippen LogP contribution is -2.14. The van der Waals surface area contributed by atoms with Crippen molar-refractivity contribution in [1.82, 2.24) is 24.4 Å². The van der Waals surface area contributed by atoms with E-state index in [-0.39, 0.29) is 16.9 Å². The molecular weight excluding hydrogens is 461 g/mol. The molecule has 32 heavy (non-hydrogen) atoms. The molecule has 11 heteroatoms. The molecule has 3 aromatic heterocycles. The number of benzene rings is 1. The molecule has 1 aromatic carbocycles. The molecular formula is C21H18Cl2F2N6O. The molecule has 4 rings (SSSR count). The number of aryl methyl sites for hydroxylation is 2. The number of fused-ring (bicyclic) bond motifs is 1. The first kappa shape index (κ1) is 22.2. The third kappa shape index (κ3) is 4.05. The molecule has 0 aliphatic rings. The fourth-order valence-corrected chi connectivity index (χ4v) is 3.92. The van der Waals surface area contributed by atoms with Gasteiger partial charge in [-0.15, -0.1) is 0 Å². The number of anilines is 1. The molecule has 0 aliphatic carbocycles. The van der Waals surface area contributed by atoms with Crippen LogP contribution in [0.25, 0.3) is 5.65 Å². The predicted molar refractivity (Wildman–Crippen MR) is 118 cm³/mol. The maximum Gasteiger partial charge on any atom is 0.280 e. The van der Waals surface area contributed by atoms with E-state index >= 15 is 0 Å². The minimum absolute atomic E-state index is 0.0634. The number of rotatable bonds is 5. The van der Waals surface area contributed by atoms with E-state index in [1.54, 1.807) is 30.7 Å². The summed E-state index contributed by atoms with van der Waals surface area (Å²) in [6.45, 7) is 5.54. The van der Waals surface area contributed by atoms with Crippen LogP contribution >= 0.6 is 23.2 Å². The maximum absolute atomic E-state index is 13.4. The highest BCUT2D eigenvalue weighted by Crippen LogP contribution is 2.26. The van der Waals surface area contributed by atoms with Gasteiger partial charge in [0, 0.05) is 15.7 Å². The van der Waals surface area contributed by atoms with E-state index in [1.165, 1.54) is 12.3 Å². The van der Waals surface area contributed by atoms with Crippen LogP contribution in [0.15, 0.2) is 30.5 Å². The molecule has 1 N–H and O–H groups in total. The Hall–Kier alpha value is -3.04. The van der Waals surface area contributed by atoms with Gasteiger partial charge in [-0.3, -0.25) is 9.48 Å². The van der Waals surface area contributed by atoms with E-state index in [9.17, 15) is 13.6 Å². The number of aromatic nitrogens is 5. The summed E-state index contributed by atoms with van der Waals surface area (Å²) in [5.74, 6) is -0.520. The van der Waals surface area contributed by atoms with Crippen molar-refractivity contribution in [3.05, 3.63) is 74.4 Å². The summed E-state index contributed by atoms with van der Waals surface area (Å²) < 4.78 is 29.4. The zero-order valence-electron chi connectivity index (χ0n) is 17.3. The summed E-state index contributed by atoms with van der Waals surface area (Å²) in [5, 5.41) is 12.3. The zero-order valence-corrected chi connectivity index (χ0v) is 18.8. The van der Waals surface area contributed by atoms with Crippen molar-refractivity contribution in [2.75, 3.05) is 5.32 Å². The molecule has 0 atom stereocenters. The Labute approximate surface area is 192 Å². The lowest BCUT2D eigenvalue weighted by atomic mass is 10.2. The molecule has 0 bridgehead atoms. The highest BCUT2D eigenvalue weighted by atomic mass is 35.5. The number of amides is 1. The lowest BCUT2D eigenvalue weighted by molar-refractivity contribution is 0.102. The van der Waals surface area contributed by atoms with Gasteiger partial charge in [0.1, 0.15) is 11.3 Å². The Morgan fingerprint density at radius 3 is 2.62 bits per heavy atom. The van der Waals surface area contributed by atoms with E-state index in [0.717, 1.165) is 10.1 Å². The van der Waals surface area contributed by atoms with Crippen molar-refractivity contribution in [2.24, 2.45) is 0 Å². The minimum atomic E-state index is -2.75. The van der Waals surface area contributed by atoms with Gasteiger partial charge in [-0.2, -0.15) is 10.2 Å². The SMILES string of the molecule is Cc1cc(C(F)F)n2ncc(C(=O)Nc3c(C)nn(Cc4ccc(Cl)cc4Cl)c3C)c2n1. The van der Waals surface area contributed by atoms with Gasteiger partial charge in [0.25, 0.3) is 12.3 Å². The van der Waals surface area contributed by atoms with Crippen LogP contribution in [0.4, 0.5) is 14.5 Å². The van der Waals surface area contributed by atoms with Crippen molar-refractivity contribution >= 4 is 40.4 Å². The Bertz CT molecular complexity index is 1350. The first-order valence-electron chi connectivity index (χ1n) is 9.58. The standard InChI is InChI=1S/C21H18Cl2F2N6O/c1-10-6-17(19(24)25)31-20(27-10)15(8-26-31)21(32)28-18-11(2)29-30(12(18)3)9-13-4-5-14(22)7-16(13)23/h4-8,19H,9H2,1-3H3,(H,28,32). The number of carbonyl (C=O) groups is 1. The lowest BCUT2D eigenvalue weighted by Gasteiger charge is -2.09. The van der Waals surface area contributed by atoms with Gasteiger partial charge in [-0.05, 0) is 44.5 Å². The quantitative estimate of drug-likeness (QED) is 0.416. The number of alkyl halides is 2. The van der Waals surface area contributed by atoms with Gasteiger partial charge in [-0.1, -0.05) is 29.3 Å². The molecule has 0 aliphatic heterocycles. The van der Waals surface area contributed by atoms with Gasteiger partial charge in [0.2, 0.25) is 0 Å². The molecule has 0 saturated carbocycles. The monoisotopic (exact) mass is 478 g/mol. The van der Waals surface area contributed by atoms with Crippen LogP contribution < -0.4 is 5.32 Å². The molecule has 3 heterocycles. The van der Waals surface area contributed by atoms with Crippen LogP contribution in [0, 0.1) is 20.8 Å². The minimum Gasteiger partial charge on any atom is -0.319 e. The van der Waals surface area contributed by atoms with Gasteiger partial charge in [-0.25, -0.2) is 18.3 Å². The van der Waals surface area contributed by atoms with Gasteiger partial charge in [0.05, 0.1) is 29.8 Å². The van der Waals surface area contributed by atoms with Crippen molar-refractivity contribution in [1.29, 1.82) is 0 Å². The second-order valence-corrected chi connectivity index (χ2v) is 8.15. The van der Waals surface area contributed by atoms with Crippen LogP contribution in [0.5, 0.6) is 0 Å². The first-order valence-corrected chi connectivity index (χ1v) is 10.3. The van der Waals surface area contributed by atoms with Gasteiger partial charge < -0.3 is 5.32 Å². The number of nitrogens with zero attached hydrogens (tertiary/aromatic N) is 5. The van der Waals surface area contributed by atoms with E-state index < -0.39 is 12.3 Å². The highest BCUT2D eigenvalue weighted by Gasteiger charge is 2.22. The number of carbonyl (C=O) groups excluding carboxylic acids is 1. The summed E-state index contributed by atoms with van der Waals surface area (Å²) in [5.41, 5.74) is 2.82. The smallest absolute Gasteiger partial charge is 0.280 e. The van der Waals surface area contributed by atoms with E-state index in [1.807, 2.05) is 13.0 Å². The van der Waals surface area contributed by atoms with Crippen molar-refractivity contribution in [3.63, 3.8) is 0 Å². The fraction of sp³-hybridized carbons (Fsp3) is 0.238. The Kier molecular flexibility index (Phi) is 5.87. The average Bonchev–Trinajstić information content (AvgIpc) is 3.25. The Morgan fingerprint density at radius 2 is 1.94 bits per heavy atom. The summed E-state index contributed by atoms with van der Waals surface area (Å²) in [6, 6.07) is 6.45. The first-order chi connectivity index (χ1) is 15.2. The molecule has 0 fully saturated rings. The number of halogens is 4. The molecule has 0 radical (unpaired) electrons. The van der Waals surface area contributed by atoms with Crippen molar-refractivity contribution in [2.45, 2.75) is 33.7 Å². The second kappa shape index (κ2) is 8.48. The zero-order chi connectivity index (χ0) is 23.2. The van der Waals surface area contributed by atoms with Crippen LogP contribution in [0.3, 0.4) is 0 Å². The maximum atomic E-state index is 13.4. The summed E-state index contributed by atoms with van der Waals surface area (Å²) in [4.78, 5) is 17.2.